The molecule has 4 heteroatoms. The van der Waals surface area contributed by atoms with Gasteiger partial charge in [0.2, 0.25) is 5.91 Å². The maximum Gasteiger partial charge on any atom is 0.237 e. The van der Waals surface area contributed by atoms with Gasteiger partial charge in [-0.15, -0.1) is 0 Å². The summed E-state index contributed by atoms with van der Waals surface area (Å²) >= 11 is 3.43. The fourth-order valence-electron chi connectivity index (χ4n) is 2.79. The van der Waals surface area contributed by atoms with E-state index in [1.807, 2.05) is 43.3 Å². The summed E-state index contributed by atoms with van der Waals surface area (Å²) in [4.78, 5) is 12.5. The molecule has 3 rings (SSSR count). The lowest BCUT2D eigenvalue weighted by Crippen LogP contribution is -2.48. The van der Waals surface area contributed by atoms with E-state index in [4.69, 9.17) is 0 Å². The van der Waals surface area contributed by atoms with Crippen LogP contribution in [-0.4, -0.2) is 11.9 Å². The first-order valence-corrected chi connectivity index (χ1v) is 8.29. The Hall–Kier alpha value is -1.65. The minimum absolute atomic E-state index is 0.000398. The minimum Gasteiger partial charge on any atom is -0.348 e. The van der Waals surface area contributed by atoms with Crippen LogP contribution in [0.3, 0.4) is 0 Å². The normalized spacial score (nSPS) is 18.4. The van der Waals surface area contributed by atoms with E-state index in [9.17, 15) is 4.79 Å². The first-order chi connectivity index (χ1) is 10.6. The van der Waals surface area contributed by atoms with E-state index < -0.39 is 0 Å². The first kappa shape index (κ1) is 15.3. The van der Waals surface area contributed by atoms with Gasteiger partial charge in [0.25, 0.3) is 0 Å². The van der Waals surface area contributed by atoms with Crippen LogP contribution < -0.4 is 10.6 Å². The van der Waals surface area contributed by atoms with Crippen LogP contribution in [0.4, 0.5) is 0 Å². The average Bonchev–Trinajstić information content (AvgIpc) is 2.55. The van der Waals surface area contributed by atoms with Gasteiger partial charge in [-0.25, -0.2) is 0 Å². The lowest BCUT2D eigenvalue weighted by atomic mass is 9.95. The van der Waals surface area contributed by atoms with Crippen LogP contribution in [-0.2, 0) is 17.8 Å². The average molecular weight is 359 g/mol. The summed E-state index contributed by atoms with van der Waals surface area (Å²) in [6, 6.07) is 16.2. The zero-order valence-corrected chi connectivity index (χ0v) is 14.1. The summed E-state index contributed by atoms with van der Waals surface area (Å²) in [6.45, 7) is 2.76. The van der Waals surface area contributed by atoms with Gasteiger partial charge in [0, 0.05) is 11.0 Å². The first-order valence-electron chi connectivity index (χ1n) is 7.49. The second-order valence-corrected chi connectivity index (χ2v) is 6.60. The smallest absolute Gasteiger partial charge is 0.237 e. The maximum absolute atomic E-state index is 12.5. The Bertz CT molecular complexity index is 669. The van der Waals surface area contributed by atoms with Gasteiger partial charge in [-0.2, -0.15) is 0 Å². The molecule has 0 saturated carbocycles. The van der Waals surface area contributed by atoms with Gasteiger partial charge >= 0.3 is 0 Å². The fourth-order valence-corrected chi connectivity index (χ4v) is 3.05. The molecule has 0 fully saturated rings. The van der Waals surface area contributed by atoms with Gasteiger partial charge in [-0.1, -0.05) is 52.3 Å². The van der Waals surface area contributed by atoms with Crippen LogP contribution in [0, 0.1) is 0 Å². The van der Waals surface area contributed by atoms with E-state index >= 15 is 0 Å². The van der Waals surface area contributed by atoms with Crippen molar-refractivity contribution in [3.05, 3.63) is 69.7 Å². The van der Waals surface area contributed by atoms with Crippen molar-refractivity contribution in [1.29, 1.82) is 0 Å². The monoisotopic (exact) mass is 358 g/mol. The second kappa shape index (κ2) is 6.63. The number of rotatable bonds is 3. The van der Waals surface area contributed by atoms with Crippen molar-refractivity contribution in [2.75, 3.05) is 0 Å². The van der Waals surface area contributed by atoms with Crippen molar-refractivity contribution >= 4 is 21.8 Å². The molecule has 0 aliphatic carbocycles. The van der Waals surface area contributed by atoms with Gasteiger partial charge in [0.1, 0.15) is 0 Å². The maximum atomic E-state index is 12.5. The molecule has 0 saturated heterocycles. The minimum atomic E-state index is -0.159. The topological polar surface area (TPSA) is 41.1 Å². The van der Waals surface area contributed by atoms with Crippen LogP contribution in [0.1, 0.15) is 29.7 Å². The summed E-state index contributed by atoms with van der Waals surface area (Å²) in [5.41, 5.74) is 3.65. The highest BCUT2D eigenvalue weighted by atomic mass is 79.9. The van der Waals surface area contributed by atoms with Crippen LogP contribution in [0.5, 0.6) is 0 Å². The molecule has 2 N–H and O–H groups in total. The van der Waals surface area contributed by atoms with Gasteiger partial charge in [0.15, 0.2) is 0 Å². The summed E-state index contributed by atoms with van der Waals surface area (Å²) < 4.78 is 1.04. The molecule has 0 aromatic heterocycles. The number of carbonyl (C=O) groups is 1. The van der Waals surface area contributed by atoms with Crippen LogP contribution in [0.2, 0.25) is 0 Å². The number of halogens is 1. The Morgan fingerprint density at radius 3 is 2.59 bits per heavy atom. The number of fused-ring (bicyclic) bond motifs is 1. The SMILES string of the molecule is CC(NC(=O)C1Cc2ccccc2CN1)c1ccc(Br)cc1. The van der Waals surface area contributed by atoms with E-state index in [1.54, 1.807) is 0 Å². The van der Waals surface area contributed by atoms with Gasteiger partial charge < -0.3 is 10.6 Å². The lowest BCUT2D eigenvalue weighted by molar-refractivity contribution is -0.124. The van der Waals surface area contributed by atoms with Crippen molar-refractivity contribution < 1.29 is 4.79 Å². The van der Waals surface area contributed by atoms with Crippen LogP contribution >= 0.6 is 15.9 Å². The Balaban J connectivity index is 1.64. The quantitative estimate of drug-likeness (QED) is 0.883. The van der Waals surface area contributed by atoms with Crippen molar-refractivity contribution in [3.63, 3.8) is 0 Å². The van der Waals surface area contributed by atoms with Crippen molar-refractivity contribution in [1.82, 2.24) is 10.6 Å². The zero-order chi connectivity index (χ0) is 15.5. The summed E-state index contributed by atoms with van der Waals surface area (Å²) in [7, 11) is 0. The molecular formula is C18H19BrN2O. The molecular weight excluding hydrogens is 340 g/mol. The van der Waals surface area contributed by atoms with Crippen molar-refractivity contribution in [3.8, 4) is 0 Å². The molecule has 0 bridgehead atoms. The van der Waals surface area contributed by atoms with Crippen LogP contribution in [0.15, 0.2) is 53.0 Å². The Morgan fingerprint density at radius 2 is 1.86 bits per heavy atom. The van der Waals surface area contributed by atoms with E-state index in [0.717, 1.165) is 23.0 Å². The zero-order valence-electron chi connectivity index (χ0n) is 12.5. The molecule has 0 spiro atoms. The van der Waals surface area contributed by atoms with Crippen LogP contribution in [0.25, 0.3) is 0 Å². The molecule has 2 aromatic rings. The molecule has 1 heterocycles. The fraction of sp³-hybridized carbons (Fsp3) is 0.278. The number of carbonyl (C=O) groups excluding carboxylic acids is 1. The van der Waals surface area contributed by atoms with E-state index in [2.05, 4.69) is 38.7 Å². The lowest BCUT2D eigenvalue weighted by Gasteiger charge is -2.26. The Kier molecular flexibility index (Phi) is 4.60. The Morgan fingerprint density at radius 1 is 1.18 bits per heavy atom. The van der Waals surface area contributed by atoms with Crippen molar-refractivity contribution in [2.45, 2.75) is 32.0 Å². The molecule has 0 radical (unpaired) electrons. The molecule has 2 unspecified atom stereocenters. The molecule has 2 atom stereocenters. The number of hydrogen-bond donors (Lipinski definition) is 2. The van der Waals surface area contributed by atoms with Gasteiger partial charge in [-0.3, -0.25) is 4.79 Å². The van der Waals surface area contributed by atoms with Crippen molar-refractivity contribution in [2.24, 2.45) is 0 Å². The summed E-state index contributed by atoms with van der Waals surface area (Å²) in [5.74, 6) is 0.0601. The van der Waals surface area contributed by atoms with E-state index in [0.29, 0.717) is 0 Å². The predicted molar refractivity (Wildman–Crippen MR) is 91.5 cm³/mol. The number of hydrogen-bond acceptors (Lipinski definition) is 2. The molecule has 2 aromatic carbocycles. The number of nitrogens with one attached hydrogen (secondary N) is 2. The molecule has 3 nitrogen and oxygen atoms in total. The third-order valence-corrected chi connectivity index (χ3v) is 4.66. The molecule has 114 valence electrons. The largest absolute Gasteiger partial charge is 0.348 e. The second-order valence-electron chi connectivity index (χ2n) is 5.69. The molecule has 22 heavy (non-hydrogen) atoms. The molecule has 1 aliphatic rings. The standard InChI is InChI=1S/C18H19BrN2O/c1-12(13-6-8-16(19)9-7-13)21-18(22)17-10-14-4-2-3-5-15(14)11-20-17/h2-9,12,17,20H,10-11H2,1H3,(H,21,22). The van der Waals surface area contributed by atoms with E-state index in [1.165, 1.54) is 11.1 Å². The van der Waals surface area contributed by atoms with E-state index in [-0.39, 0.29) is 18.0 Å². The predicted octanol–water partition coefficient (Wildman–Crippen LogP) is 3.34. The summed E-state index contributed by atoms with van der Waals surface area (Å²) in [5, 5.41) is 6.42. The summed E-state index contributed by atoms with van der Waals surface area (Å²) in [6.07, 6.45) is 0.745. The number of amides is 1. The Labute approximate surface area is 139 Å². The molecule has 1 aliphatic heterocycles. The third-order valence-electron chi connectivity index (χ3n) is 4.13. The highest BCUT2D eigenvalue weighted by Gasteiger charge is 2.24. The highest BCUT2D eigenvalue weighted by Crippen LogP contribution is 2.19. The van der Waals surface area contributed by atoms with Gasteiger partial charge in [0.05, 0.1) is 12.1 Å². The number of benzene rings is 2. The third kappa shape index (κ3) is 3.39. The highest BCUT2D eigenvalue weighted by molar-refractivity contribution is 9.10. The van der Waals surface area contributed by atoms with Gasteiger partial charge in [-0.05, 0) is 42.2 Å². The molecule has 1 amide bonds.